The summed E-state index contributed by atoms with van der Waals surface area (Å²) < 4.78 is 26.7. The van der Waals surface area contributed by atoms with E-state index in [-0.39, 0.29) is 17.1 Å². The number of ketones is 1. The Kier molecular flexibility index (Phi) is 3.80. The number of aryl methyl sites for hydroxylation is 1. The molecule has 2 aliphatic rings. The number of hydrogen-bond donors (Lipinski definition) is 2. The number of sulfonamides is 1. The van der Waals surface area contributed by atoms with Crippen molar-refractivity contribution in [3.8, 4) is 0 Å². The number of amides is 1. The first-order valence-corrected chi connectivity index (χ1v) is 9.11. The highest BCUT2D eigenvalue weighted by Crippen LogP contribution is 2.48. The maximum Gasteiger partial charge on any atom is 0.264 e. The molecule has 0 saturated heterocycles. The highest BCUT2D eigenvalue weighted by molar-refractivity contribution is 7.90. The van der Waals surface area contributed by atoms with Gasteiger partial charge in [-0.3, -0.25) is 9.59 Å². The standard InChI is InChI=1S/C16H19NO5S/c1-10-2-4-11(5-3-10)23(21,22)17-15(20)16-8-6-12(14(16)19)13(18)7-9-16/h2-5,12-13,18H,6-9H2,1H3,(H,17,20)/t12-,13?,16-/m1/s1. The predicted octanol–water partition coefficient (Wildman–Crippen LogP) is 0.920. The number of nitrogens with one attached hydrogen (secondary N) is 1. The largest absolute Gasteiger partial charge is 0.392 e. The lowest BCUT2D eigenvalue weighted by Gasteiger charge is -2.32. The average molecular weight is 337 g/mol. The van der Waals surface area contributed by atoms with Crippen molar-refractivity contribution in [2.24, 2.45) is 11.3 Å². The van der Waals surface area contributed by atoms with E-state index in [0.717, 1.165) is 5.56 Å². The fraction of sp³-hybridized carbons (Fsp3) is 0.500. The van der Waals surface area contributed by atoms with Crippen LogP contribution in [0.15, 0.2) is 29.2 Å². The summed E-state index contributed by atoms with van der Waals surface area (Å²) in [7, 11) is -4.01. The summed E-state index contributed by atoms with van der Waals surface area (Å²) in [6, 6.07) is 6.13. The fourth-order valence-electron chi connectivity index (χ4n) is 3.56. The summed E-state index contributed by atoms with van der Waals surface area (Å²) >= 11 is 0. The second kappa shape index (κ2) is 5.42. The highest BCUT2D eigenvalue weighted by Gasteiger charge is 2.58. The van der Waals surface area contributed by atoms with Crippen LogP contribution in [0.2, 0.25) is 0 Å². The van der Waals surface area contributed by atoms with Gasteiger partial charge < -0.3 is 5.11 Å². The number of carbonyl (C=O) groups excluding carboxylic acids is 2. The molecule has 2 saturated carbocycles. The number of hydrogen-bond acceptors (Lipinski definition) is 5. The molecule has 1 unspecified atom stereocenters. The number of rotatable bonds is 3. The molecule has 2 N–H and O–H groups in total. The Labute approximate surface area is 134 Å². The van der Waals surface area contributed by atoms with Crippen LogP contribution in [0.4, 0.5) is 0 Å². The Balaban J connectivity index is 1.84. The number of Topliss-reactive ketones (excluding diaryl/α,β-unsaturated/α-hetero) is 1. The van der Waals surface area contributed by atoms with Crippen LogP contribution < -0.4 is 4.72 Å². The number of aliphatic hydroxyl groups is 1. The molecule has 3 rings (SSSR count). The molecule has 3 atom stereocenters. The Morgan fingerprint density at radius 3 is 2.48 bits per heavy atom. The van der Waals surface area contributed by atoms with Crippen LogP contribution >= 0.6 is 0 Å². The van der Waals surface area contributed by atoms with Gasteiger partial charge in [-0.15, -0.1) is 0 Å². The van der Waals surface area contributed by atoms with Crippen LogP contribution in [0.1, 0.15) is 31.2 Å². The Bertz CT molecular complexity index is 755. The van der Waals surface area contributed by atoms with Crippen LogP contribution in [-0.4, -0.2) is 31.3 Å². The third-order valence-corrected chi connectivity index (χ3v) is 6.36. The number of benzene rings is 1. The normalized spacial score (nSPS) is 30.3. The van der Waals surface area contributed by atoms with Gasteiger partial charge in [0.05, 0.1) is 11.0 Å². The van der Waals surface area contributed by atoms with E-state index in [4.69, 9.17) is 0 Å². The minimum atomic E-state index is -4.01. The lowest BCUT2D eigenvalue weighted by atomic mass is 9.73. The van der Waals surface area contributed by atoms with Crippen molar-refractivity contribution in [1.82, 2.24) is 4.72 Å². The van der Waals surface area contributed by atoms with Gasteiger partial charge in [0.1, 0.15) is 5.41 Å². The van der Waals surface area contributed by atoms with E-state index < -0.39 is 33.4 Å². The minimum Gasteiger partial charge on any atom is -0.392 e. The minimum absolute atomic E-state index is 0.00862. The molecule has 23 heavy (non-hydrogen) atoms. The molecule has 2 aliphatic carbocycles. The van der Waals surface area contributed by atoms with Gasteiger partial charge in [-0.2, -0.15) is 0 Å². The molecule has 1 aromatic carbocycles. The first-order valence-electron chi connectivity index (χ1n) is 7.63. The molecule has 1 amide bonds. The lowest BCUT2D eigenvalue weighted by Crippen LogP contribution is -2.50. The molecule has 0 heterocycles. The lowest BCUT2D eigenvalue weighted by molar-refractivity contribution is -0.145. The summed E-state index contributed by atoms with van der Waals surface area (Å²) in [5.41, 5.74) is -0.397. The molecule has 7 heteroatoms. The quantitative estimate of drug-likeness (QED) is 0.799. The molecular weight excluding hydrogens is 318 g/mol. The van der Waals surface area contributed by atoms with Crippen molar-refractivity contribution in [2.75, 3.05) is 0 Å². The fourth-order valence-corrected chi connectivity index (χ4v) is 4.61. The van der Waals surface area contributed by atoms with E-state index >= 15 is 0 Å². The van der Waals surface area contributed by atoms with Crippen molar-refractivity contribution in [3.63, 3.8) is 0 Å². The third kappa shape index (κ3) is 2.57. The summed E-state index contributed by atoms with van der Waals surface area (Å²) in [5, 5.41) is 9.83. The molecule has 0 spiro atoms. The molecule has 0 aliphatic heterocycles. The van der Waals surface area contributed by atoms with Gasteiger partial charge in [-0.1, -0.05) is 17.7 Å². The van der Waals surface area contributed by atoms with Crippen molar-refractivity contribution in [2.45, 2.75) is 43.6 Å². The van der Waals surface area contributed by atoms with E-state index in [0.29, 0.717) is 19.3 Å². The number of aliphatic hydroxyl groups excluding tert-OH is 1. The molecule has 124 valence electrons. The molecule has 2 fully saturated rings. The van der Waals surface area contributed by atoms with E-state index in [1.165, 1.54) is 12.1 Å². The third-order valence-electron chi connectivity index (χ3n) is 5.01. The Morgan fingerprint density at radius 1 is 1.22 bits per heavy atom. The summed E-state index contributed by atoms with van der Waals surface area (Å²) in [6.07, 6.45) is 0.535. The van der Waals surface area contributed by atoms with E-state index in [1.54, 1.807) is 12.1 Å². The van der Waals surface area contributed by atoms with Crippen molar-refractivity contribution in [1.29, 1.82) is 0 Å². The van der Waals surface area contributed by atoms with Crippen LogP contribution in [-0.2, 0) is 19.6 Å². The van der Waals surface area contributed by atoms with Gasteiger partial charge in [-0.25, -0.2) is 13.1 Å². The van der Waals surface area contributed by atoms with Gasteiger partial charge in [0.2, 0.25) is 5.91 Å². The van der Waals surface area contributed by atoms with Gasteiger partial charge in [0, 0.05) is 5.92 Å². The van der Waals surface area contributed by atoms with Crippen LogP contribution in [0.25, 0.3) is 0 Å². The molecule has 6 nitrogen and oxygen atoms in total. The van der Waals surface area contributed by atoms with Gasteiger partial charge in [0.25, 0.3) is 10.0 Å². The predicted molar refractivity (Wildman–Crippen MR) is 81.9 cm³/mol. The zero-order chi connectivity index (χ0) is 16.8. The highest BCUT2D eigenvalue weighted by atomic mass is 32.2. The zero-order valence-electron chi connectivity index (χ0n) is 12.8. The maximum absolute atomic E-state index is 12.6. The molecule has 0 aromatic heterocycles. The number of carbonyl (C=O) groups is 2. The summed E-state index contributed by atoms with van der Waals surface area (Å²) in [5.74, 6) is -1.64. The van der Waals surface area contributed by atoms with Crippen molar-refractivity contribution >= 4 is 21.7 Å². The van der Waals surface area contributed by atoms with Crippen LogP contribution in [0.5, 0.6) is 0 Å². The Hall–Kier alpha value is -1.73. The van der Waals surface area contributed by atoms with E-state index in [9.17, 15) is 23.1 Å². The smallest absolute Gasteiger partial charge is 0.264 e. The first-order chi connectivity index (χ1) is 10.8. The summed E-state index contributed by atoms with van der Waals surface area (Å²) in [4.78, 5) is 25.0. The van der Waals surface area contributed by atoms with E-state index in [2.05, 4.69) is 4.72 Å². The molecule has 1 aromatic rings. The number of fused-ring (bicyclic) bond motifs is 2. The zero-order valence-corrected chi connectivity index (χ0v) is 13.6. The van der Waals surface area contributed by atoms with Crippen LogP contribution in [0.3, 0.4) is 0 Å². The van der Waals surface area contributed by atoms with Crippen molar-refractivity contribution < 1.29 is 23.1 Å². The van der Waals surface area contributed by atoms with Crippen LogP contribution in [0, 0.1) is 18.3 Å². The summed E-state index contributed by atoms with van der Waals surface area (Å²) in [6.45, 7) is 1.83. The van der Waals surface area contributed by atoms with E-state index in [1.807, 2.05) is 6.92 Å². The molecule has 2 bridgehead atoms. The van der Waals surface area contributed by atoms with Crippen molar-refractivity contribution in [3.05, 3.63) is 29.8 Å². The average Bonchev–Trinajstić information content (AvgIpc) is 2.71. The second-order valence-corrected chi connectivity index (χ2v) is 8.13. The maximum atomic E-state index is 12.6. The monoisotopic (exact) mass is 337 g/mol. The SMILES string of the molecule is Cc1ccc(S(=O)(=O)NC(=O)[C@@]23CCC(O)[C@@H](CC2)C3=O)cc1. The Morgan fingerprint density at radius 2 is 1.83 bits per heavy atom. The van der Waals surface area contributed by atoms with Gasteiger partial charge >= 0.3 is 0 Å². The molecular formula is C16H19NO5S. The van der Waals surface area contributed by atoms with Gasteiger partial charge in [0.15, 0.2) is 5.78 Å². The molecule has 0 radical (unpaired) electrons. The second-order valence-electron chi connectivity index (χ2n) is 6.45. The van der Waals surface area contributed by atoms with Gasteiger partial charge in [-0.05, 0) is 44.7 Å². The first kappa shape index (κ1) is 16.1. The topological polar surface area (TPSA) is 101 Å².